The summed E-state index contributed by atoms with van der Waals surface area (Å²) in [6.07, 6.45) is 1.93. The van der Waals surface area contributed by atoms with Crippen molar-refractivity contribution in [1.82, 2.24) is 10.2 Å². The molecule has 1 atom stereocenters. The number of ether oxygens (including phenoxy) is 1. The molecule has 31 heavy (non-hydrogen) atoms. The maximum Gasteiger partial charge on any atom is 0.242 e. The van der Waals surface area contributed by atoms with Crippen LogP contribution in [0.4, 0.5) is 0 Å². The molecule has 0 radical (unpaired) electrons. The van der Waals surface area contributed by atoms with Crippen LogP contribution in [0.3, 0.4) is 0 Å². The smallest absolute Gasteiger partial charge is 0.242 e. The number of amides is 2. The van der Waals surface area contributed by atoms with Gasteiger partial charge in [-0.1, -0.05) is 53.5 Å². The summed E-state index contributed by atoms with van der Waals surface area (Å²) in [6.45, 7) is 4.88. The minimum absolute atomic E-state index is 0.0453. The standard InChI is InChI=1S/C24H31BrN2O3S/c1-4-5-14-26-24(29)18(2)27(15-19-8-12-22(30-3)13-9-19)23(28)17-31-16-20-6-10-21(25)11-7-20/h6-13,18H,4-5,14-17H2,1-3H3,(H,26,29)/t18-/m1/s1. The van der Waals surface area contributed by atoms with Crippen molar-refractivity contribution in [2.24, 2.45) is 0 Å². The lowest BCUT2D eigenvalue weighted by atomic mass is 10.1. The van der Waals surface area contributed by atoms with E-state index >= 15 is 0 Å². The third kappa shape index (κ3) is 8.57. The molecule has 0 saturated heterocycles. The highest BCUT2D eigenvalue weighted by atomic mass is 79.9. The van der Waals surface area contributed by atoms with Crippen molar-refractivity contribution in [2.75, 3.05) is 19.4 Å². The minimum atomic E-state index is -0.542. The molecule has 7 heteroatoms. The molecule has 0 fully saturated rings. The van der Waals surface area contributed by atoms with E-state index in [0.29, 0.717) is 18.8 Å². The first-order valence-corrected chi connectivity index (χ1v) is 12.4. The molecule has 0 aliphatic rings. The first-order valence-electron chi connectivity index (χ1n) is 10.5. The number of benzene rings is 2. The van der Waals surface area contributed by atoms with E-state index in [2.05, 4.69) is 28.2 Å². The number of rotatable bonds is 12. The van der Waals surface area contributed by atoms with Crippen molar-refractivity contribution >= 4 is 39.5 Å². The number of thioether (sulfide) groups is 1. The summed E-state index contributed by atoms with van der Waals surface area (Å²) >= 11 is 4.99. The van der Waals surface area contributed by atoms with Crippen LogP contribution in [0.5, 0.6) is 5.75 Å². The molecule has 0 saturated carbocycles. The van der Waals surface area contributed by atoms with Crippen LogP contribution in [0.15, 0.2) is 53.0 Å². The van der Waals surface area contributed by atoms with Gasteiger partial charge in [-0.25, -0.2) is 0 Å². The molecule has 0 unspecified atom stereocenters. The van der Waals surface area contributed by atoms with Crippen molar-refractivity contribution in [3.63, 3.8) is 0 Å². The first kappa shape index (κ1) is 25.3. The fourth-order valence-electron chi connectivity index (χ4n) is 2.97. The number of nitrogens with zero attached hydrogens (tertiary/aromatic N) is 1. The summed E-state index contributed by atoms with van der Waals surface area (Å²) in [7, 11) is 1.62. The zero-order valence-corrected chi connectivity index (χ0v) is 20.8. The number of carbonyl (C=O) groups excluding carboxylic acids is 2. The van der Waals surface area contributed by atoms with Crippen molar-refractivity contribution in [1.29, 1.82) is 0 Å². The lowest BCUT2D eigenvalue weighted by Gasteiger charge is -2.29. The molecule has 2 aromatic rings. The van der Waals surface area contributed by atoms with Crippen LogP contribution < -0.4 is 10.1 Å². The number of nitrogens with one attached hydrogen (secondary N) is 1. The van der Waals surface area contributed by atoms with Crippen LogP contribution in [-0.2, 0) is 21.9 Å². The van der Waals surface area contributed by atoms with Gasteiger partial charge in [-0.15, -0.1) is 11.8 Å². The van der Waals surface area contributed by atoms with Crippen LogP contribution in [0.2, 0.25) is 0 Å². The molecule has 5 nitrogen and oxygen atoms in total. The summed E-state index contributed by atoms with van der Waals surface area (Å²) in [5.74, 6) is 1.66. The van der Waals surface area contributed by atoms with Crippen LogP contribution in [0, 0.1) is 0 Å². The molecule has 0 aliphatic carbocycles. The Balaban J connectivity index is 2.03. The molecule has 0 aromatic heterocycles. The highest BCUT2D eigenvalue weighted by Crippen LogP contribution is 2.19. The Labute approximate surface area is 198 Å². The molecule has 2 amide bonds. The average molecular weight is 507 g/mol. The van der Waals surface area contributed by atoms with Crippen molar-refractivity contribution in [3.05, 3.63) is 64.1 Å². The number of methoxy groups -OCH3 is 1. The van der Waals surface area contributed by atoms with E-state index in [9.17, 15) is 9.59 Å². The van der Waals surface area contributed by atoms with E-state index in [1.54, 1.807) is 30.7 Å². The van der Waals surface area contributed by atoms with Crippen LogP contribution in [0.1, 0.15) is 37.8 Å². The third-order valence-corrected chi connectivity index (χ3v) is 6.43. The predicted octanol–water partition coefficient (Wildman–Crippen LogP) is 5.02. The molecule has 0 spiro atoms. The van der Waals surface area contributed by atoms with Gasteiger partial charge in [-0.05, 0) is 48.7 Å². The summed E-state index contributed by atoms with van der Waals surface area (Å²) in [5.41, 5.74) is 2.12. The van der Waals surface area contributed by atoms with E-state index in [4.69, 9.17) is 4.74 Å². The summed E-state index contributed by atoms with van der Waals surface area (Å²) in [5, 5.41) is 2.95. The maximum absolute atomic E-state index is 13.1. The first-order chi connectivity index (χ1) is 14.9. The van der Waals surface area contributed by atoms with Crippen molar-refractivity contribution in [2.45, 2.75) is 45.0 Å². The van der Waals surface area contributed by atoms with Crippen LogP contribution in [-0.4, -0.2) is 42.2 Å². The maximum atomic E-state index is 13.1. The number of hydrogen-bond acceptors (Lipinski definition) is 4. The Bertz CT molecular complexity index is 828. The van der Waals surface area contributed by atoms with Gasteiger partial charge < -0.3 is 15.0 Å². The minimum Gasteiger partial charge on any atom is -0.497 e. The molecular weight excluding hydrogens is 476 g/mol. The average Bonchev–Trinajstić information content (AvgIpc) is 2.78. The summed E-state index contributed by atoms with van der Waals surface area (Å²) in [4.78, 5) is 27.4. The molecule has 0 bridgehead atoms. The van der Waals surface area contributed by atoms with Gasteiger partial charge in [0, 0.05) is 23.3 Å². The zero-order chi connectivity index (χ0) is 22.6. The lowest BCUT2D eigenvalue weighted by Crippen LogP contribution is -2.48. The molecule has 2 rings (SSSR count). The van der Waals surface area contributed by atoms with Crippen molar-refractivity contribution in [3.8, 4) is 5.75 Å². The normalized spacial score (nSPS) is 11.6. The van der Waals surface area contributed by atoms with Gasteiger partial charge in [-0.2, -0.15) is 0 Å². The van der Waals surface area contributed by atoms with E-state index in [-0.39, 0.29) is 11.8 Å². The Morgan fingerprint density at radius 2 is 1.74 bits per heavy atom. The van der Waals surface area contributed by atoms with Gasteiger partial charge >= 0.3 is 0 Å². The molecule has 0 aliphatic heterocycles. The van der Waals surface area contributed by atoms with E-state index in [1.807, 2.05) is 48.5 Å². The van der Waals surface area contributed by atoms with E-state index in [0.717, 1.165) is 39.9 Å². The Morgan fingerprint density at radius 1 is 1.10 bits per heavy atom. The fourth-order valence-corrected chi connectivity index (χ4v) is 4.10. The van der Waals surface area contributed by atoms with Gasteiger partial charge in [0.15, 0.2) is 0 Å². The molecular formula is C24H31BrN2O3S. The Kier molecular flexibility index (Phi) is 10.9. The fraction of sp³-hybridized carbons (Fsp3) is 0.417. The second-order valence-corrected chi connectivity index (χ2v) is 9.21. The zero-order valence-electron chi connectivity index (χ0n) is 18.4. The topological polar surface area (TPSA) is 58.6 Å². The SMILES string of the molecule is CCCCNC(=O)[C@@H](C)N(Cc1ccc(OC)cc1)C(=O)CSCc1ccc(Br)cc1. The lowest BCUT2D eigenvalue weighted by molar-refractivity contribution is -0.138. The quantitative estimate of drug-likeness (QED) is 0.410. The number of carbonyl (C=O) groups is 2. The van der Waals surface area contributed by atoms with E-state index in [1.165, 1.54) is 0 Å². The Morgan fingerprint density at radius 3 is 2.35 bits per heavy atom. The molecule has 0 heterocycles. The highest BCUT2D eigenvalue weighted by molar-refractivity contribution is 9.10. The number of halogens is 1. The molecule has 2 aromatic carbocycles. The number of hydrogen-bond donors (Lipinski definition) is 1. The predicted molar refractivity (Wildman–Crippen MR) is 131 cm³/mol. The number of unbranched alkanes of at least 4 members (excludes halogenated alkanes) is 1. The van der Waals surface area contributed by atoms with Crippen LogP contribution in [0.25, 0.3) is 0 Å². The Hall–Kier alpha value is -1.99. The largest absolute Gasteiger partial charge is 0.497 e. The molecule has 168 valence electrons. The molecule has 1 N–H and O–H groups in total. The summed E-state index contributed by atoms with van der Waals surface area (Å²) in [6, 6.07) is 15.1. The second-order valence-electron chi connectivity index (χ2n) is 7.31. The van der Waals surface area contributed by atoms with Gasteiger partial charge in [0.25, 0.3) is 0 Å². The van der Waals surface area contributed by atoms with Gasteiger partial charge in [0.1, 0.15) is 11.8 Å². The van der Waals surface area contributed by atoms with E-state index < -0.39 is 6.04 Å². The summed E-state index contributed by atoms with van der Waals surface area (Å²) < 4.78 is 6.25. The van der Waals surface area contributed by atoms with Gasteiger partial charge in [0.05, 0.1) is 12.9 Å². The van der Waals surface area contributed by atoms with Crippen molar-refractivity contribution < 1.29 is 14.3 Å². The monoisotopic (exact) mass is 506 g/mol. The van der Waals surface area contributed by atoms with Crippen LogP contribution >= 0.6 is 27.7 Å². The van der Waals surface area contributed by atoms with Gasteiger partial charge in [0.2, 0.25) is 11.8 Å². The highest BCUT2D eigenvalue weighted by Gasteiger charge is 2.25. The van der Waals surface area contributed by atoms with Gasteiger partial charge in [-0.3, -0.25) is 9.59 Å². The second kappa shape index (κ2) is 13.4. The third-order valence-electron chi connectivity index (χ3n) is 4.92.